The van der Waals surface area contributed by atoms with Crippen LogP contribution in [0.3, 0.4) is 0 Å². The van der Waals surface area contributed by atoms with Crippen molar-refractivity contribution in [2.24, 2.45) is 0 Å². The molecule has 0 saturated heterocycles. The molecule has 0 saturated carbocycles. The quantitative estimate of drug-likeness (QED) is 0.0914. The van der Waals surface area contributed by atoms with Crippen LogP contribution in [0.25, 0.3) is 0 Å². The largest absolute Gasteiger partial charge is 0.450 e. The van der Waals surface area contributed by atoms with Crippen molar-refractivity contribution in [3.05, 3.63) is 357 Å². The zero-order valence-corrected chi connectivity index (χ0v) is 52.7. The lowest BCUT2D eigenvalue weighted by Gasteiger charge is -2.38. The first kappa shape index (κ1) is 58.6. The Balaban J connectivity index is 1.01. The van der Waals surface area contributed by atoms with Crippen LogP contribution < -0.4 is 37.9 Å². The van der Waals surface area contributed by atoms with E-state index in [-0.39, 0.29) is 23.7 Å². The number of aryl methyl sites for hydroxylation is 4. The number of pyridine rings is 4. The summed E-state index contributed by atoms with van der Waals surface area (Å²) < 4.78 is 60.2. The number of benzene rings is 8. The van der Waals surface area contributed by atoms with Crippen molar-refractivity contribution >= 4 is 0 Å². The molecule has 8 heterocycles. The SMILES string of the molecule is c1ccc(CCC2c3cc4c5cc3OC(c3ccncc3)Oc3cc6c(cc32)C(CCc2ccccc2)c2cc3c(cc2OC(c2ccncc2)O6)OC(c2ccncc2)Oc2cc(c(cc2C3CCc2ccccc2)C4CCc2ccccc2)OC(c2ccncc2)O5)cc1. The molecule has 0 unspecified atom stereocenters. The van der Waals surface area contributed by atoms with Gasteiger partial charge in [0, 0.05) is 164 Å². The van der Waals surface area contributed by atoms with Gasteiger partial charge in [-0.15, -0.1) is 0 Å². The van der Waals surface area contributed by atoms with Gasteiger partial charge in [0.1, 0.15) is 46.0 Å². The third kappa shape index (κ3) is 11.8. The van der Waals surface area contributed by atoms with Gasteiger partial charge >= 0.3 is 0 Å². The third-order valence-corrected chi connectivity index (χ3v) is 19.6. The van der Waals surface area contributed by atoms with E-state index in [2.05, 4.69) is 190 Å². The topological polar surface area (TPSA) is 125 Å². The fourth-order valence-corrected chi connectivity index (χ4v) is 14.8. The molecule has 0 amide bonds. The van der Waals surface area contributed by atoms with E-state index in [9.17, 15) is 0 Å². The second kappa shape index (κ2) is 25.9. The van der Waals surface area contributed by atoms with Crippen LogP contribution in [0.2, 0.25) is 0 Å². The van der Waals surface area contributed by atoms with Gasteiger partial charge in [0.15, 0.2) is 0 Å². The molecular weight excluding hydrogens is 1190 g/mol. The monoisotopic (exact) mass is 1260 g/mol. The summed E-state index contributed by atoms with van der Waals surface area (Å²) in [5.74, 6) is 3.77. The maximum absolute atomic E-state index is 7.52. The summed E-state index contributed by atoms with van der Waals surface area (Å²) in [5, 5.41) is 0. The van der Waals surface area contributed by atoms with E-state index >= 15 is 0 Å². The smallest absolute Gasteiger partial charge is 0.267 e. The molecule has 1 aliphatic carbocycles. The predicted octanol–water partition coefficient (Wildman–Crippen LogP) is 18.5. The average Bonchev–Trinajstić information content (AvgIpc) is 0.744. The summed E-state index contributed by atoms with van der Waals surface area (Å²) >= 11 is 0. The minimum absolute atomic E-state index is 0.313. The minimum atomic E-state index is -0.954. The number of aromatic nitrogens is 4. The molecule has 0 spiro atoms. The molecule has 12 heteroatoms. The maximum atomic E-state index is 7.52. The van der Waals surface area contributed by atoms with Crippen molar-refractivity contribution in [2.75, 3.05) is 0 Å². The van der Waals surface area contributed by atoms with Gasteiger partial charge in [0.05, 0.1) is 0 Å². The van der Waals surface area contributed by atoms with Crippen molar-refractivity contribution in [1.29, 1.82) is 0 Å². The van der Waals surface area contributed by atoms with Crippen LogP contribution >= 0.6 is 0 Å². The zero-order chi connectivity index (χ0) is 63.7. The lowest BCUT2D eigenvalue weighted by atomic mass is 9.75. The molecule has 96 heavy (non-hydrogen) atoms. The minimum Gasteiger partial charge on any atom is -0.450 e. The van der Waals surface area contributed by atoms with Crippen molar-refractivity contribution in [1.82, 2.24) is 19.9 Å². The molecule has 8 bridgehead atoms. The Morgan fingerprint density at radius 2 is 0.385 bits per heavy atom. The molecular formula is C84H68N4O8. The Morgan fingerprint density at radius 3 is 0.562 bits per heavy atom. The molecule has 12 aromatic rings. The van der Waals surface area contributed by atoms with Gasteiger partial charge < -0.3 is 37.9 Å². The second-order valence-electron chi connectivity index (χ2n) is 25.4. The standard InChI is InChI=1S/C84H68N4O8/c1-5-13-53(14-6-1)21-25-61-65-45-67-62(26-22-54-15-7-2-8-16-54)69-47-71-64(28-24-56-19-11-4-12-20-56)72-48-70-63(27-23-55-17-9-3-10-18-55)68-46-66(61)74-50-76(68)92-83(59-33-41-87-42-34-59)94-78(70)52-80(72)96-84(60-35-43-88-44-36-60)95-79(71)51-77(69)93-82(58-31-39-86-40-32-58)91-75(67)49-73(65)89-81(90-74)57-29-37-85-38-30-57/h1-20,29-52,61-64,81-84H,21-28H2. The zero-order valence-electron chi connectivity index (χ0n) is 52.7. The first-order valence-corrected chi connectivity index (χ1v) is 33.3. The summed E-state index contributed by atoms with van der Waals surface area (Å²) in [6.07, 6.45) is 16.2. The van der Waals surface area contributed by atoms with E-state index in [4.69, 9.17) is 37.9 Å². The molecule has 4 aromatic heterocycles. The van der Waals surface area contributed by atoms with E-state index in [0.29, 0.717) is 71.7 Å². The lowest BCUT2D eigenvalue weighted by molar-refractivity contribution is -0.0120. The van der Waals surface area contributed by atoms with Gasteiger partial charge in [-0.25, -0.2) is 0 Å². The second-order valence-corrected chi connectivity index (χ2v) is 25.4. The Kier molecular flexibility index (Phi) is 15.8. The molecule has 4 aliphatic heterocycles. The van der Waals surface area contributed by atoms with E-state index in [1.165, 1.54) is 22.3 Å². The Morgan fingerprint density at radius 1 is 0.208 bits per heavy atom. The summed E-state index contributed by atoms with van der Waals surface area (Å²) in [5.41, 5.74) is 16.0. The van der Waals surface area contributed by atoms with Crippen LogP contribution in [0.15, 0.2) is 268 Å². The lowest BCUT2D eigenvalue weighted by Crippen LogP contribution is -2.26. The van der Waals surface area contributed by atoms with E-state index < -0.39 is 25.2 Å². The highest BCUT2D eigenvalue weighted by molar-refractivity contribution is 5.65. The molecule has 5 aliphatic rings. The molecule has 0 N–H and O–H groups in total. The van der Waals surface area contributed by atoms with Crippen LogP contribution in [0.5, 0.6) is 46.0 Å². The van der Waals surface area contributed by atoms with Gasteiger partial charge in [0.25, 0.3) is 25.2 Å². The van der Waals surface area contributed by atoms with Gasteiger partial charge in [-0.3, -0.25) is 19.9 Å². The van der Waals surface area contributed by atoms with Crippen LogP contribution in [0, 0.1) is 0 Å². The Hall–Kier alpha value is -11.2. The highest BCUT2D eigenvalue weighted by Gasteiger charge is 2.41. The normalized spacial score (nSPS) is 19.8. The number of rotatable bonds is 16. The van der Waals surface area contributed by atoms with E-state index in [1.807, 2.05) is 48.5 Å². The van der Waals surface area contributed by atoms with E-state index in [0.717, 1.165) is 92.4 Å². The van der Waals surface area contributed by atoms with Crippen molar-refractivity contribution in [3.8, 4) is 46.0 Å². The predicted molar refractivity (Wildman–Crippen MR) is 365 cm³/mol. The highest BCUT2D eigenvalue weighted by Crippen LogP contribution is 2.58. The first-order chi connectivity index (χ1) is 47.5. The van der Waals surface area contributed by atoms with Crippen molar-refractivity contribution in [3.63, 3.8) is 0 Å². The molecule has 8 aromatic carbocycles. The molecule has 12 nitrogen and oxygen atoms in total. The molecule has 0 atom stereocenters. The van der Waals surface area contributed by atoms with Crippen LogP contribution in [-0.2, 0) is 25.7 Å². The maximum Gasteiger partial charge on any atom is 0.267 e. The van der Waals surface area contributed by atoms with Crippen molar-refractivity contribution < 1.29 is 37.9 Å². The van der Waals surface area contributed by atoms with Crippen molar-refractivity contribution in [2.45, 2.75) is 100 Å². The number of hydrogen-bond acceptors (Lipinski definition) is 12. The van der Waals surface area contributed by atoms with Gasteiger partial charge in [-0.2, -0.15) is 0 Å². The first-order valence-electron chi connectivity index (χ1n) is 33.3. The van der Waals surface area contributed by atoms with E-state index in [1.54, 1.807) is 49.6 Å². The molecule has 17 rings (SSSR count). The summed E-state index contributed by atoms with van der Waals surface area (Å²) in [4.78, 5) is 17.9. The Labute approximate surface area is 558 Å². The molecule has 0 radical (unpaired) electrons. The summed E-state index contributed by atoms with van der Waals surface area (Å²) in [6.45, 7) is 0. The molecule has 472 valence electrons. The summed E-state index contributed by atoms with van der Waals surface area (Å²) in [6, 6.07) is 76.7. The summed E-state index contributed by atoms with van der Waals surface area (Å²) in [7, 11) is 0. The van der Waals surface area contributed by atoms with Gasteiger partial charge in [-0.05, 0) is 146 Å². The number of hydrogen-bond donors (Lipinski definition) is 0. The average molecular weight is 1260 g/mol. The molecule has 0 fully saturated rings. The highest BCUT2D eigenvalue weighted by atomic mass is 16.7. The van der Waals surface area contributed by atoms with Gasteiger partial charge in [0.2, 0.25) is 0 Å². The van der Waals surface area contributed by atoms with Gasteiger partial charge in [-0.1, -0.05) is 121 Å². The number of ether oxygens (including phenoxy) is 8. The van der Waals surface area contributed by atoms with Crippen LogP contribution in [0.1, 0.15) is 164 Å². The fourth-order valence-electron chi connectivity index (χ4n) is 14.8. The fraction of sp³-hybridized carbons (Fsp3) is 0.190. The van der Waals surface area contributed by atoms with Crippen LogP contribution in [0.4, 0.5) is 0 Å². The Bertz CT molecular complexity index is 3990. The third-order valence-electron chi connectivity index (χ3n) is 19.6. The number of nitrogens with zero attached hydrogens (tertiary/aromatic N) is 4. The van der Waals surface area contributed by atoms with Crippen LogP contribution in [-0.4, -0.2) is 19.9 Å².